The molecule has 3 aromatic carbocycles. The van der Waals surface area contributed by atoms with Crippen LogP contribution in [-0.4, -0.2) is 21.7 Å². The molecule has 1 atom stereocenters. The third-order valence-corrected chi connectivity index (χ3v) is 5.73. The highest BCUT2D eigenvalue weighted by atomic mass is 35.5. The van der Waals surface area contributed by atoms with Gasteiger partial charge in [0.15, 0.2) is 0 Å². The van der Waals surface area contributed by atoms with Crippen LogP contribution in [0.15, 0.2) is 78.4 Å². The summed E-state index contributed by atoms with van der Waals surface area (Å²) in [6, 6.07) is 17.8. The van der Waals surface area contributed by atoms with Crippen LogP contribution < -0.4 is 4.90 Å². The van der Waals surface area contributed by atoms with Crippen molar-refractivity contribution in [2.45, 2.75) is 13.0 Å². The summed E-state index contributed by atoms with van der Waals surface area (Å²) in [5, 5.41) is 22.7. The molecule has 0 unspecified atom stereocenters. The molecule has 1 heterocycles. The molecule has 32 heavy (non-hydrogen) atoms. The third-order valence-electron chi connectivity index (χ3n) is 5.32. The number of benzene rings is 3. The first-order valence-electron chi connectivity index (χ1n) is 9.66. The summed E-state index contributed by atoms with van der Waals surface area (Å²) >= 11 is 6.26. The lowest BCUT2D eigenvalue weighted by atomic mass is 9.95. The van der Waals surface area contributed by atoms with Crippen LogP contribution in [0, 0.1) is 17.0 Å². The second-order valence-electron chi connectivity index (χ2n) is 7.32. The Bertz CT molecular complexity index is 1290. The number of hydrogen-bond donors (Lipinski definition) is 1. The predicted molar refractivity (Wildman–Crippen MR) is 121 cm³/mol. The third kappa shape index (κ3) is 3.63. The molecular weight excluding hydrogens is 432 g/mol. The molecule has 1 aliphatic heterocycles. The summed E-state index contributed by atoms with van der Waals surface area (Å²) in [6.45, 7) is 1.80. The van der Waals surface area contributed by atoms with Gasteiger partial charge in [-0.3, -0.25) is 24.6 Å². The standard InChI is InChI=1S/C24H17ClN2O5/c1-14-10-11-17(13-19(14)25)26-21(16-8-5-9-18(12-16)27(31)32)20(23(29)24(26)30)22(28)15-6-3-2-4-7-15/h2-13,21,28H,1H3/t21-/m1/s1. The van der Waals surface area contributed by atoms with Crippen LogP contribution in [0.4, 0.5) is 11.4 Å². The van der Waals surface area contributed by atoms with Crippen LogP contribution in [0.25, 0.3) is 5.76 Å². The van der Waals surface area contributed by atoms with Crippen molar-refractivity contribution in [3.05, 3.63) is 110 Å². The van der Waals surface area contributed by atoms with Crippen LogP contribution in [0.2, 0.25) is 5.02 Å². The van der Waals surface area contributed by atoms with Crippen molar-refractivity contribution < 1.29 is 19.6 Å². The fraction of sp³-hybridized carbons (Fsp3) is 0.0833. The van der Waals surface area contributed by atoms with E-state index in [1.165, 1.54) is 23.1 Å². The largest absolute Gasteiger partial charge is 0.507 e. The molecule has 0 aromatic heterocycles. The fourth-order valence-electron chi connectivity index (χ4n) is 3.71. The van der Waals surface area contributed by atoms with Crippen molar-refractivity contribution in [3.63, 3.8) is 0 Å². The van der Waals surface area contributed by atoms with Crippen molar-refractivity contribution in [1.29, 1.82) is 0 Å². The highest BCUT2D eigenvalue weighted by molar-refractivity contribution is 6.51. The molecular formula is C24H17ClN2O5. The van der Waals surface area contributed by atoms with Crippen LogP contribution >= 0.6 is 11.6 Å². The van der Waals surface area contributed by atoms with Crippen molar-refractivity contribution in [1.82, 2.24) is 0 Å². The number of nitrogens with zero attached hydrogens (tertiary/aromatic N) is 2. The molecule has 1 aliphatic rings. The normalized spacial score (nSPS) is 17.6. The Labute approximate surface area is 188 Å². The number of carbonyl (C=O) groups excluding carboxylic acids is 2. The van der Waals surface area contributed by atoms with E-state index in [0.29, 0.717) is 21.8 Å². The summed E-state index contributed by atoms with van der Waals surface area (Å²) in [7, 11) is 0. The summed E-state index contributed by atoms with van der Waals surface area (Å²) in [5.74, 6) is -2.11. The van der Waals surface area contributed by atoms with E-state index in [1.807, 2.05) is 0 Å². The molecule has 4 rings (SSSR count). The number of aryl methyl sites for hydroxylation is 1. The second-order valence-corrected chi connectivity index (χ2v) is 7.73. The zero-order valence-corrected chi connectivity index (χ0v) is 17.6. The zero-order valence-electron chi connectivity index (χ0n) is 16.9. The lowest BCUT2D eigenvalue weighted by molar-refractivity contribution is -0.384. The number of nitro groups is 1. The minimum Gasteiger partial charge on any atom is -0.507 e. The van der Waals surface area contributed by atoms with Gasteiger partial charge in [0.05, 0.1) is 16.5 Å². The highest BCUT2D eigenvalue weighted by Gasteiger charge is 2.47. The lowest BCUT2D eigenvalue weighted by Crippen LogP contribution is -2.29. The quantitative estimate of drug-likeness (QED) is 0.195. The SMILES string of the molecule is Cc1ccc(N2C(=O)C(=O)C(=C(O)c3ccccc3)[C@H]2c2cccc([N+](=O)[O-])c2)cc1Cl. The summed E-state index contributed by atoms with van der Waals surface area (Å²) < 4.78 is 0. The van der Waals surface area contributed by atoms with E-state index in [9.17, 15) is 24.8 Å². The zero-order chi connectivity index (χ0) is 23.0. The number of anilines is 1. The van der Waals surface area contributed by atoms with Gasteiger partial charge in [0.25, 0.3) is 17.4 Å². The van der Waals surface area contributed by atoms with Gasteiger partial charge in [-0.15, -0.1) is 0 Å². The number of carbonyl (C=O) groups is 2. The Morgan fingerprint density at radius 3 is 2.41 bits per heavy atom. The predicted octanol–water partition coefficient (Wildman–Crippen LogP) is 5.18. The van der Waals surface area contributed by atoms with Crippen molar-refractivity contribution in [2.75, 3.05) is 4.90 Å². The van der Waals surface area contributed by atoms with E-state index >= 15 is 0 Å². The molecule has 8 heteroatoms. The maximum absolute atomic E-state index is 13.1. The smallest absolute Gasteiger partial charge is 0.300 e. The van der Waals surface area contributed by atoms with Gasteiger partial charge >= 0.3 is 0 Å². The topological polar surface area (TPSA) is 101 Å². The number of aliphatic hydroxyl groups is 1. The number of aliphatic hydroxyl groups excluding tert-OH is 1. The Morgan fingerprint density at radius 1 is 1.03 bits per heavy atom. The molecule has 1 fully saturated rings. The van der Waals surface area contributed by atoms with Gasteiger partial charge in [0.2, 0.25) is 0 Å². The van der Waals surface area contributed by atoms with E-state index < -0.39 is 22.7 Å². The lowest BCUT2D eigenvalue weighted by Gasteiger charge is -2.25. The number of halogens is 1. The monoisotopic (exact) mass is 448 g/mol. The van der Waals surface area contributed by atoms with Gasteiger partial charge < -0.3 is 5.11 Å². The number of Topliss-reactive ketones (excluding diaryl/α,β-unsaturated/α-hetero) is 1. The van der Waals surface area contributed by atoms with Gasteiger partial charge in [-0.05, 0) is 30.2 Å². The fourth-order valence-corrected chi connectivity index (χ4v) is 3.88. The molecule has 0 radical (unpaired) electrons. The van der Waals surface area contributed by atoms with Crippen molar-refractivity contribution in [2.24, 2.45) is 0 Å². The molecule has 0 spiro atoms. The average molecular weight is 449 g/mol. The summed E-state index contributed by atoms with van der Waals surface area (Å²) in [4.78, 5) is 38.2. The molecule has 1 amide bonds. The van der Waals surface area contributed by atoms with E-state index in [4.69, 9.17) is 11.6 Å². The van der Waals surface area contributed by atoms with Gasteiger partial charge in [-0.1, -0.05) is 60.1 Å². The summed E-state index contributed by atoms with van der Waals surface area (Å²) in [5.41, 5.74) is 1.43. The van der Waals surface area contributed by atoms with E-state index in [0.717, 1.165) is 5.56 Å². The Balaban J connectivity index is 1.98. The molecule has 1 saturated heterocycles. The van der Waals surface area contributed by atoms with E-state index in [2.05, 4.69) is 0 Å². The molecule has 7 nitrogen and oxygen atoms in total. The Hall–Kier alpha value is -3.97. The Morgan fingerprint density at radius 2 is 1.75 bits per heavy atom. The van der Waals surface area contributed by atoms with Crippen LogP contribution in [0.5, 0.6) is 0 Å². The number of amides is 1. The molecule has 0 aliphatic carbocycles. The van der Waals surface area contributed by atoms with Gasteiger partial charge in [0.1, 0.15) is 5.76 Å². The number of hydrogen-bond acceptors (Lipinski definition) is 5. The molecule has 160 valence electrons. The average Bonchev–Trinajstić information content (AvgIpc) is 3.06. The Kier molecular flexibility index (Phi) is 5.50. The minimum absolute atomic E-state index is 0.154. The molecule has 3 aromatic rings. The second kappa shape index (κ2) is 8.28. The first kappa shape index (κ1) is 21.3. The number of rotatable bonds is 4. The minimum atomic E-state index is -1.08. The van der Waals surface area contributed by atoms with Crippen LogP contribution in [-0.2, 0) is 9.59 Å². The number of nitro benzene ring substituents is 1. The van der Waals surface area contributed by atoms with Gasteiger partial charge in [0, 0.05) is 28.4 Å². The van der Waals surface area contributed by atoms with E-state index in [1.54, 1.807) is 61.5 Å². The number of ketones is 1. The maximum Gasteiger partial charge on any atom is 0.300 e. The first-order valence-corrected chi connectivity index (χ1v) is 10.0. The van der Waals surface area contributed by atoms with Crippen molar-refractivity contribution in [3.8, 4) is 0 Å². The molecule has 0 saturated carbocycles. The van der Waals surface area contributed by atoms with Crippen molar-refractivity contribution >= 4 is 40.4 Å². The van der Waals surface area contributed by atoms with Gasteiger partial charge in [-0.2, -0.15) is 0 Å². The molecule has 1 N–H and O–H groups in total. The molecule has 0 bridgehead atoms. The van der Waals surface area contributed by atoms with Gasteiger partial charge in [-0.25, -0.2) is 0 Å². The van der Waals surface area contributed by atoms with Crippen LogP contribution in [0.3, 0.4) is 0 Å². The summed E-state index contributed by atoms with van der Waals surface area (Å²) in [6.07, 6.45) is 0. The van der Waals surface area contributed by atoms with E-state index in [-0.39, 0.29) is 17.0 Å². The number of non-ortho nitro benzene ring substituents is 1. The maximum atomic E-state index is 13.1. The first-order chi connectivity index (χ1) is 15.3. The highest BCUT2D eigenvalue weighted by Crippen LogP contribution is 2.43. The van der Waals surface area contributed by atoms with Crippen LogP contribution in [0.1, 0.15) is 22.7 Å².